The fraction of sp³-hybridized carbons (Fsp3) is 0.179. The molecule has 0 aliphatic carbocycles. The van der Waals surface area contributed by atoms with Crippen molar-refractivity contribution in [1.82, 2.24) is 20.4 Å². The van der Waals surface area contributed by atoms with Crippen LogP contribution in [0.15, 0.2) is 98.6 Å². The van der Waals surface area contributed by atoms with Crippen LogP contribution in [-0.2, 0) is 25.5 Å². The summed E-state index contributed by atoms with van der Waals surface area (Å²) in [5, 5.41) is 12.4. The third-order valence-corrected chi connectivity index (χ3v) is 10.5. The molecule has 2 atom stereocenters. The highest BCUT2D eigenvalue weighted by molar-refractivity contribution is 8.07. The summed E-state index contributed by atoms with van der Waals surface area (Å²) in [6.45, 7) is 0. The maximum absolute atomic E-state index is 14.0. The van der Waals surface area contributed by atoms with Gasteiger partial charge in [-0.1, -0.05) is 89.8 Å². The fourth-order valence-electron chi connectivity index (χ4n) is 4.51. The molecule has 1 saturated heterocycles. The van der Waals surface area contributed by atoms with E-state index in [1.807, 2.05) is 78.2 Å². The lowest BCUT2D eigenvalue weighted by Crippen LogP contribution is -2.70. The zero-order valence-corrected chi connectivity index (χ0v) is 24.1. The number of rotatable bonds is 9. The zero-order chi connectivity index (χ0) is 27.5. The van der Waals surface area contributed by atoms with E-state index in [1.54, 1.807) is 5.51 Å². The molecule has 0 saturated carbocycles. The second-order valence-electron chi connectivity index (χ2n) is 8.90. The van der Waals surface area contributed by atoms with Crippen LogP contribution in [-0.4, -0.2) is 50.0 Å². The second-order valence-corrected chi connectivity index (χ2v) is 13.2. The smallest absolute Gasteiger partial charge is 0.356 e. The molecular formula is C28H22N4O4S4. The first-order chi connectivity index (χ1) is 19.6. The highest BCUT2D eigenvalue weighted by atomic mass is 32.2. The molecule has 2 aliphatic heterocycles. The molecule has 4 heterocycles. The van der Waals surface area contributed by atoms with Crippen LogP contribution in [0.5, 0.6) is 0 Å². The third kappa shape index (κ3) is 5.57. The van der Waals surface area contributed by atoms with Crippen LogP contribution >= 0.6 is 46.2 Å². The molecule has 2 aromatic heterocycles. The number of thioether (sulfide) groups is 2. The molecule has 4 aromatic rings. The number of carbonyl (C=O) groups is 3. The Balaban J connectivity index is 1.28. The number of ether oxygens (including phenoxy) is 1. The Bertz CT molecular complexity index is 1490. The van der Waals surface area contributed by atoms with E-state index in [1.165, 1.54) is 51.1 Å². The van der Waals surface area contributed by atoms with Gasteiger partial charge in [-0.05, 0) is 22.6 Å². The number of hydrogen-bond donors (Lipinski definition) is 1. The normalized spacial score (nSPS) is 18.3. The predicted octanol–water partition coefficient (Wildman–Crippen LogP) is 4.88. The molecule has 8 nitrogen and oxygen atoms in total. The van der Waals surface area contributed by atoms with E-state index < -0.39 is 23.5 Å². The third-order valence-electron chi connectivity index (χ3n) is 6.34. The molecule has 1 fully saturated rings. The number of nitrogens with zero attached hydrogens (tertiary/aromatic N) is 3. The quantitative estimate of drug-likeness (QED) is 0.213. The Morgan fingerprint density at radius 1 is 1.02 bits per heavy atom. The molecule has 12 heteroatoms. The summed E-state index contributed by atoms with van der Waals surface area (Å²) in [6, 6.07) is 22.1. The van der Waals surface area contributed by atoms with Gasteiger partial charge in [-0.25, -0.2) is 4.79 Å². The highest BCUT2D eigenvalue weighted by Crippen LogP contribution is 2.46. The summed E-state index contributed by atoms with van der Waals surface area (Å²) < 4.78 is 6.83. The molecule has 2 aliphatic rings. The number of carbonyl (C=O) groups excluding carboxylic acids is 3. The van der Waals surface area contributed by atoms with Crippen molar-refractivity contribution in [2.75, 3.05) is 5.75 Å². The summed E-state index contributed by atoms with van der Waals surface area (Å²) in [5.74, 6) is -0.708. The highest BCUT2D eigenvalue weighted by Gasteiger charge is 2.55. The Morgan fingerprint density at radius 2 is 1.75 bits per heavy atom. The van der Waals surface area contributed by atoms with Gasteiger partial charge < -0.3 is 10.1 Å². The van der Waals surface area contributed by atoms with Crippen molar-refractivity contribution >= 4 is 64.0 Å². The van der Waals surface area contributed by atoms with Crippen LogP contribution in [0.2, 0.25) is 0 Å². The zero-order valence-electron chi connectivity index (χ0n) is 20.8. The minimum Gasteiger partial charge on any atom is -0.448 e. The van der Waals surface area contributed by atoms with Gasteiger partial charge in [0.25, 0.3) is 5.91 Å². The molecule has 0 spiro atoms. The lowest BCUT2D eigenvalue weighted by atomic mass is 10.0. The Kier molecular flexibility index (Phi) is 8.00. The fourth-order valence-corrected chi connectivity index (χ4v) is 8.33. The molecule has 0 unspecified atom stereocenters. The van der Waals surface area contributed by atoms with Gasteiger partial charge in [0.1, 0.15) is 22.6 Å². The number of thiophene rings is 1. The number of esters is 1. The minimum atomic E-state index is -0.715. The molecule has 2 amide bonds. The van der Waals surface area contributed by atoms with E-state index in [0.29, 0.717) is 15.0 Å². The molecule has 202 valence electrons. The Morgan fingerprint density at radius 3 is 2.38 bits per heavy atom. The lowest BCUT2D eigenvalue weighted by Gasteiger charge is -2.49. The predicted molar refractivity (Wildman–Crippen MR) is 157 cm³/mol. The van der Waals surface area contributed by atoms with Crippen LogP contribution in [0.25, 0.3) is 0 Å². The molecule has 2 aromatic carbocycles. The average molecular weight is 607 g/mol. The monoisotopic (exact) mass is 606 g/mol. The van der Waals surface area contributed by atoms with Crippen LogP contribution < -0.4 is 5.32 Å². The van der Waals surface area contributed by atoms with Crippen molar-refractivity contribution < 1.29 is 19.1 Å². The molecule has 0 radical (unpaired) electrons. The number of amides is 2. The Labute approximate surface area is 246 Å². The van der Waals surface area contributed by atoms with Crippen molar-refractivity contribution in [1.29, 1.82) is 0 Å². The van der Waals surface area contributed by atoms with Crippen molar-refractivity contribution in [3.8, 4) is 0 Å². The molecular weight excluding hydrogens is 585 g/mol. The Hall–Kier alpha value is -3.45. The van der Waals surface area contributed by atoms with E-state index in [0.717, 1.165) is 16.0 Å². The van der Waals surface area contributed by atoms with Crippen LogP contribution in [0, 0.1) is 0 Å². The van der Waals surface area contributed by atoms with Gasteiger partial charge >= 0.3 is 5.97 Å². The van der Waals surface area contributed by atoms with Gasteiger partial charge in [-0.15, -0.1) is 33.3 Å². The topological polar surface area (TPSA) is 101 Å². The summed E-state index contributed by atoms with van der Waals surface area (Å²) in [7, 11) is 0. The van der Waals surface area contributed by atoms with Crippen molar-refractivity contribution in [2.24, 2.45) is 0 Å². The number of fused-ring (bicyclic) bond motifs is 1. The summed E-state index contributed by atoms with van der Waals surface area (Å²) in [6.07, 6.45) is -0.460. The van der Waals surface area contributed by atoms with Gasteiger partial charge in [0.05, 0.1) is 6.42 Å². The number of aromatic nitrogens is 2. The maximum Gasteiger partial charge on any atom is 0.356 e. The number of benzene rings is 2. The minimum absolute atomic E-state index is 0.189. The largest absolute Gasteiger partial charge is 0.448 e. The van der Waals surface area contributed by atoms with E-state index in [4.69, 9.17) is 4.74 Å². The summed E-state index contributed by atoms with van der Waals surface area (Å²) >= 11 is 5.66. The van der Waals surface area contributed by atoms with Gasteiger partial charge in [0.15, 0.2) is 10.4 Å². The van der Waals surface area contributed by atoms with Crippen molar-refractivity contribution in [2.45, 2.75) is 28.3 Å². The summed E-state index contributed by atoms with van der Waals surface area (Å²) in [4.78, 5) is 43.1. The van der Waals surface area contributed by atoms with Gasteiger partial charge in [0.2, 0.25) is 5.91 Å². The molecule has 0 bridgehead atoms. The van der Waals surface area contributed by atoms with Crippen LogP contribution in [0.4, 0.5) is 0 Å². The average Bonchev–Trinajstić information content (AvgIpc) is 3.70. The number of nitrogens with one attached hydrogen (secondary N) is 1. The van der Waals surface area contributed by atoms with Crippen molar-refractivity contribution in [3.63, 3.8) is 0 Å². The second kappa shape index (κ2) is 12.0. The van der Waals surface area contributed by atoms with Gasteiger partial charge in [0, 0.05) is 15.5 Å². The number of β-lactam (4-membered cyclic amide) rings is 1. The first-order valence-electron chi connectivity index (χ1n) is 12.3. The van der Waals surface area contributed by atoms with Crippen molar-refractivity contribution in [3.05, 3.63) is 110 Å². The SMILES string of the molecule is O=C(Cc1cccs1)N[C@@H]1C(=O)N2C(C(=O)OC(c3ccccc3)c3ccccc3)=C(Sc3nncs3)CS[C@@H]12. The van der Waals surface area contributed by atoms with Gasteiger partial charge in [-0.3, -0.25) is 14.5 Å². The lowest BCUT2D eigenvalue weighted by molar-refractivity contribution is -0.154. The van der Waals surface area contributed by atoms with Crippen LogP contribution in [0.3, 0.4) is 0 Å². The molecule has 40 heavy (non-hydrogen) atoms. The standard InChI is InChI=1S/C28H22N4O4S4/c33-21(14-19-12-7-13-37-19)30-22-25(34)32-23(20(15-38-26(22)32)40-28-31-29-16-39-28)27(35)36-24(17-8-3-1-4-9-17)18-10-5-2-6-11-18/h1-13,16,22,24,26H,14-15H2,(H,30,33)/t22-,26+/m1/s1. The van der Waals surface area contributed by atoms with E-state index >= 15 is 0 Å². The summed E-state index contributed by atoms with van der Waals surface area (Å²) in [5.41, 5.74) is 3.44. The van der Waals surface area contributed by atoms with Gasteiger partial charge in [-0.2, -0.15) is 0 Å². The first kappa shape index (κ1) is 26.8. The number of hydrogen-bond acceptors (Lipinski definition) is 10. The first-order valence-corrected chi connectivity index (χ1v) is 16.0. The maximum atomic E-state index is 14.0. The van der Waals surface area contributed by atoms with E-state index in [2.05, 4.69) is 15.5 Å². The van der Waals surface area contributed by atoms with E-state index in [-0.39, 0.29) is 23.9 Å². The molecule has 1 N–H and O–H groups in total. The molecule has 6 rings (SSSR count). The van der Waals surface area contributed by atoms with E-state index in [9.17, 15) is 14.4 Å². The van der Waals surface area contributed by atoms with Crippen LogP contribution in [0.1, 0.15) is 22.1 Å².